The Morgan fingerprint density at radius 2 is 1.77 bits per heavy atom. The number of carbonyl (C=O) groups is 1. The molecule has 1 aliphatic rings. The maximum Gasteiger partial charge on any atom is 0.220 e. The van der Waals surface area contributed by atoms with Gasteiger partial charge in [0, 0.05) is 31.7 Å². The van der Waals surface area contributed by atoms with Crippen LogP contribution in [0.2, 0.25) is 0 Å². The van der Waals surface area contributed by atoms with Gasteiger partial charge in [-0.05, 0) is 36.2 Å². The lowest BCUT2D eigenvalue weighted by Crippen LogP contribution is -2.36. The number of morpholine rings is 1. The van der Waals surface area contributed by atoms with Gasteiger partial charge in [0.1, 0.15) is 5.75 Å². The zero-order valence-corrected chi connectivity index (χ0v) is 15.0. The van der Waals surface area contributed by atoms with Gasteiger partial charge < -0.3 is 19.7 Å². The van der Waals surface area contributed by atoms with Crippen LogP contribution < -0.4 is 15.0 Å². The average molecular weight is 354 g/mol. The zero-order valence-electron chi connectivity index (χ0n) is 15.0. The third-order valence-corrected chi connectivity index (χ3v) is 4.36. The summed E-state index contributed by atoms with van der Waals surface area (Å²) in [5.74, 6) is 0.896. The van der Waals surface area contributed by atoms with Crippen molar-refractivity contribution < 1.29 is 14.3 Å². The second-order valence-electron chi connectivity index (χ2n) is 6.31. The Hall–Kier alpha value is -2.53. The second-order valence-corrected chi connectivity index (χ2v) is 6.31. The summed E-state index contributed by atoms with van der Waals surface area (Å²) in [6.45, 7) is 4.54. The number of anilines is 1. The van der Waals surface area contributed by atoms with Crippen LogP contribution in [0, 0.1) is 0 Å². The molecule has 0 bridgehead atoms. The third-order valence-electron chi connectivity index (χ3n) is 4.36. The minimum absolute atomic E-state index is 0.0546. The number of carbonyl (C=O) groups excluding carboxylic acids is 1. The Kier molecular flexibility index (Phi) is 6.90. The number of benzene rings is 2. The number of amides is 1. The molecule has 1 N–H and O–H groups in total. The largest absolute Gasteiger partial charge is 0.494 e. The van der Waals surface area contributed by atoms with E-state index >= 15 is 0 Å². The average Bonchev–Trinajstić information content (AvgIpc) is 2.71. The number of hydrogen-bond donors (Lipinski definition) is 1. The Balaban J connectivity index is 1.33. The first kappa shape index (κ1) is 18.3. The summed E-state index contributed by atoms with van der Waals surface area (Å²) in [7, 11) is 0. The SMILES string of the molecule is O=C(CCCOc1ccccc1)NCc1ccc(N2CCOCC2)cc1. The van der Waals surface area contributed by atoms with Gasteiger partial charge in [0.15, 0.2) is 0 Å². The monoisotopic (exact) mass is 354 g/mol. The molecule has 1 heterocycles. The molecule has 0 radical (unpaired) electrons. The van der Waals surface area contributed by atoms with Gasteiger partial charge in [-0.2, -0.15) is 0 Å². The first-order valence-corrected chi connectivity index (χ1v) is 9.17. The predicted octanol–water partition coefficient (Wildman–Crippen LogP) is 3.00. The van der Waals surface area contributed by atoms with Crippen LogP contribution in [0.5, 0.6) is 5.75 Å². The molecule has 1 aliphatic heterocycles. The van der Waals surface area contributed by atoms with Crippen molar-refractivity contribution in [3.05, 3.63) is 60.2 Å². The van der Waals surface area contributed by atoms with Gasteiger partial charge in [-0.25, -0.2) is 0 Å². The van der Waals surface area contributed by atoms with E-state index in [-0.39, 0.29) is 5.91 Å². The molecule has 0 atom stereocenters. The van der Waals surface area contributed by atoms with Crippen molar-refractivity contribution in [1.82, 2.24) is 5.32 Å². The topological polar surface area (TPSA) is 50.8 Å². The van der Waals surface area contributed by atoms with E-state index < -0.39 is 0 Å². The van der Waals surface area contributed by atoms with Crippen LogP contribution in [-0.4, -0.2) is 38.8 Å². The fraction of sp³-hybridized carbons (Fsp3) is 0.381. The molecule has 3 rings (SSSR count). The number of para-hydroxylation sites is 1. The summed E-state index contributed by atoms with van der Waals surface area (Å²) in [5.41, 5.74) is 2.32. The first-order valence-electron chi connectivity index (χ1n) is 9.17. The third kappa shape index (κ3) is 5.77. The fourth-order valence-corrected chi connectivity index (χ4v) is 2.87. The molecule has 26 heavy (non-hydrogen) atoms. The maximum atomic E-state index is 12.0. The highest BCUT2D eigenvalue weighted by molar-refractivity contribution is 5.75. The smallest absolute Gasteiger partial charge is 0.220 e. The van der Waals surface area contributed by atoms with Gasteiger partial charge in [-0.1, -0.05) is 30.3 Å². The van der Waals surface area contributed by atoms with Crippen LogP contribution in [0.4, 0.5) is 5.69 Å². The number of ether oxygens (including phenoxy) is 2. The van der Waals surface area contributed by atoms with Crippen LogP contribution in [0.25, 0.3) is 0 Å². The van der Waals surface area contributed by atoms with E-state index in [0.29, 0.717) is 26.0 Å². The Morgan fingerprint density at radius 3 is 2.50 bits per heavy atom. The number of rotatable bonds is 8. The standard InChI is InChI=1S/C21H26N2O3/c24-21(7-4-14-26-20-5-2-1-3-6-20)22-17-18-8-10-19(11-9-18)23-12-15-25-16-13-23/h1-3,5-6,8-11H,4,7,12-17H2,(H,22,24). The molecule has 0 saturated carbocycles. The van der Waals surface area contributed by atoms with Crippen molar-refractivity contribution in [2.75, 3.05) is 37.8 Å². The van der Waals surface area contributed by atoms with Crippen molar-refractivity contribution >= 4 is 11.6 Å². The van der Waals surface area contributed by atoms with Crippen molar-refractivity contribution in [2.45, 2.75) is 19.4 Å². The minimum atomic E-state index is 0.0546. The molecule has 0 unspecified atom stereocenters. The molecule has 5 nitrogen and oxygen atoms in total. The van der Waals surface area contributed by atoms with E-state index in [2.05, 4.69) is 34.5 Å². The maximum absolute atomic E-state index is 12.0. The molecule has 0 aliphatic carbocycles. The quantitative estimate of drug-likeness (QED) is 0.741. The predicted molar refractivity (Wildman–Crippen MR) is 102 cm³/mol. The molecule has 2 aromatic carbocycles. The Bertz CT molecular complexity index is 667. The van der Waals surface area contributed by atoms with Crippen LogP contribution in [0.1, 0.15) is 18.4 Å². The molecule has 1 fully saturated rings. The van der Waals surface area contributed by atoms with Gasteiger partial charge in [0.05, 0.1) is 19.8 Å². The van der Waals surface area contributed by atoms with Gasteiger partial charge in [-0.3, -0.25) is 4.79 Å². The van der Waals surface area contributed by atoms with Crippen LogP contribution >= 0.6 is 0 Å². The highest BCUT2D eigenvalue weighted by Crippen LogP contribution is 2.16. The van der Waals surface area contributed by atoms with Crippen LogP contribution in [0.3, 0.4) is 0 Å². The van der Waals surface area contributed by atoms with E-state index in [1.165, 1.54) is 5.69 Å². The van der Waals surface area contributed by atoms with Crippen molar-refractivity contribution in [1.29, 1.82) is 0 Å². The molecule has 0 aromatic heterocycles. The first-order chi connectivity index (χ1) is 12.8. The normalized spacial score (nSPS) is 14.1. The highest BCUT2D eigenvalue weighted by atomic mass is 16.5. The Labute approximate surface area is 154 Å². The summed E-state index contributed by atoms with van der Waals surface area (Å²) < 4.78 is 11.0. The van der Waals surface area contributed by atoms with E-state index in [9.17, 15) is 4.79 Å². The molecular weight excluding hydrogens is 328 g/mol. The lowest BCUT2D eigenvalue weighted by atomic mass is 10.2. The molecule has 1 saturated heterocycles. The van der Waals surface area contributed by atoms with Crippen LogP contribution in [-0.2, 0) is 16.1 Å². The molecule has 5 heteroatoms. The summed E-state index contributed by atoms with van der Waals surface area (Å²) in [6, 6.07) is 18.0. The van der Waals surface area contributed by atoms with Crippen molar-refractivity contribution in [3.8, 4) is 5.75 Å². The Morgan fingerprint density at radius 1 is 1.04 bits per heavy atom. The lowest BCUT2D eigenvalue weighted by Gasteiger charge is -2.28. The van der Waals surface area contributed by atoms with E-state index in [0.717, 1.165) is 37.6 Å². The number of nitrogens with one attached hydrogen (secondary N) is 1. The molecular formula is C21H26N2O3. The molecule has 138 valence electrons. The van der Waals surface area contributed by atoms with Gasteiger partial charge in [0.2, 0.25) is 5.91 Å². The van der Waals surface area contributed by atoms with Gasteiger partial charge in [-0.15, -0.1) is 0 Å². The van der Waals surface area contributed by atoms with Gasteiger partial charge >= 0.3 is 0 Å². The summed E-state index contributed by atoms with van der Waals surface area (Å²) in [5, 5.41) is 2.97. The summed E-state index contributed by atoms with van der Waals surface area (Å²) in [6.07, 6.45) is 1.18. The molecule has 0 spiro atoms. The number of nitrogens with zero attached hydrogens (tertiary/aromatic N) is 1. The fourth-order valence-electron chi connectivity index (χ4n) is 2.87. The van der Waals surface area contributed by atoms with E-state index in [1.807, 2.05) is 30.3 Å². The van der Waals surface area contributed by atoms with E-state index in [1.54, 1.807) is 0 Å². The zero-order chi connectivity index (χ0) is 18.0. The highest BCUT2D eigenvalue weighted by Gasteiger charge is 2.10. The van der Waals surface area contributed by atoms with Crippen molar-refractivity contribution in [2.24, 2.45) is 0 Å². The van der Waals surface area contributed by atoms with Crippen molar-refractivity contribution in [3.63, 3.8) is 0 Å². The molecule has 2 aromatic rings. The van der Waals surface area contributed by atoms with E-state index in [4.69, 9.17) is 9.47 Å². The molecule has 1 amide bonds. The number of hydrogen-bond acceptors (Lipinski definition) is 4. The minimum Gasteiger partial charge on any atom is -0.494 e. The second kappa shape index (κ2) is 9.82. The lowest BCUT2D eigenvalue weighted by molar-refractivity contribution is -0.121. The van der Waals surface area contributed by atoms with Crippen LogP contribution in [0.15, 0.2) is 54.6 Å². The van der Waals surface area contributed by atoms with Gasteiger partial charge in [0.25, 0.3) is 0 Å². The summed E-state index contributed by atoms with van der Waals surface area (Å²) in [4.78, 5) is 14.3. The summed E-state index contributed by atoms with van der Waals surface area (Å²) >= 11 is 0.